The predicted molar refractivity (Wildman–Crippen MR) is 511 cm³/mol. The molecule has 0 atom stereocenters. The molecule has 11 rings (SSSR count). The standard InChI is InChI=1S/C89H116N4O5S14/c1-9-17-25-32-35-47-92-86(94)73(111-88(92)99)56-60-54-67(101-50-38-28-20-12-4)80(105-60)63-43-45-65(107-63)82-69(103-52-40-30-22-14-6)58-71(109-82)84-90-75-62(42-34-24-16-8)77-76(78(79(75)98-84)96-49-37-27-19-11-3)91-85(97-77)72-59-70(104-53-41-31-23-15-7)83(110-72)66-46-44-64(108-66)81-68(102-51-39-29-21-13-5)55-61(106-81)57-74-87(95)93(89(100)112-74)48-36-33-26-18-10-2/h43-46,54-59H,9-42,47-53H2,1-8H3/b73-56-,74-57-. The summed E-state index contributed by atoms with van der Waals surface area (Å²) in [4.78, 5) is 63.4. The Morgan fingerprint density at radius 1 is 0.393 bits per heavy atom. The minimum atomic E-state index is 0.0418. The number of carbonyl (C=O) groups is 2. The fourth-order valence-electron chi connectivity index (χ4n) is 13.8. The molecule has 0 radical (unpaired) electrons. The molecule has 1 aromatic carbocycles. The first kappa shape index (κ1) is 89.6. The minimum absolute atomic E-state index is 0.0418. The van der Waals surface area contributed by atoms with Crippen LogP contribution in [0.3, 0.4) is 0 Å². The van der Waals surface area contributed by atoms with Crippen molar-refractivity contribution in [2.45, 2.75) is 293 Å². The second kappa shape index (κ2) is 47.6. The van der Waals surface area contributed by atoms with Gasteiger partial charge in [0, 0.05) is 67.5 Å². The molecule has 0 spiro atoms. The molecular formula is C89H116N4O5S14. The molecule has 0 N–H and O–H groups in total. The van der Waals surface area contributed by atoms with Crippen molar-refractivity contribution in [2.75, 3.05) is 42.7 Å². The summed E-state index contributed by atoms with van der Waals surface area (Å²) < 4.78 is 23.0. The molecule has 606 valence electrons. The Morgan fingerprint density at radius 2 is 0.741 bits per heavy atom. The Morgan fingerprint density at radius 3 is 1.15 bits per heavy atom. The largest absolute Gasteiger partial charge is 0.487 e. The fourth-order valence-corrected chi connectivity index (χ4v) is 28.8. The highest BCUT2D eigenvalue weighted by Gasteiger charge is 2.35. The van der Waals surface area contributed by atoms with Crippen LogP contribution < -0.4 is 4.74 Å². The maximum Gasteiger partial charge on any atom is 0.266 e. The number of hydrogen-bond donors (Lipinski definition) is 0. The Bertz CT molecular complexity index is 4280. The zero-order chi connectivity index (χ0) is 78.6. The molecule has 0 aliphatic carbocycles. The lowest BCUT2D eigenvalue weighted by atomic mass is 10.0. The van der Waals surface area contributed by atoms with Crippen LogP contribution in [0.15, 0.2) is 86.8 Å². The molecule has 10 heterocycles. The third-order valence-electron chi connectivity index (χ3n) is 20.2. The highest BCUT2D eigenvalue weighted by molar-refractivity contribution is 8.27. The molecule has 2 saturated heterocycles. The van der Waals surface area contributed by atoms with Crippen LogP contribution in [0.1, 0.15) is 283 Å². The number of unbranched alkanes of at least 4 members (excludes halogenated alkanes) is 25. The molecule has 0 unspecified atom stereocenters. The SMILES string of the molecule is CCCCCCCN1C(=O)/C(=C/c2cc(SCCCCCC)c(-c3ccc(-c4sc(-c5nc6c(OCCCCCC)c7oc(-c8cc(SCCCCCC)c(-c9ccc(-c%10sc(/C=C%11\SC(=S)N(CCCCCCC)C%11=O)cc%10SCCCCCC)s9)s8)nc7c(CCCCC)c6o5)cc4SCCCCCC)s3)s2)SC1=S. The van der Waals surface area contributed by atoms with Crippen LogP contribution in [-0.2, 0) is 16.0 Å². The summed E-state index contributed by atoms with van der Waals surface area (Å²) in [5.41, 5.74) is 3.90. The van der Waals surface area contributed by atoms with E-state index in [9.17, 15) is 9.59 Å². The lowest BCUT2D eigenvalue weighted by molar-refractivity contribution is -0.123. The Balaban J connectivity index is 0.949. The summed E-state index contributed by atoms with van der Waals surface area (Å²) in [5, 5.41) is 0. The first-order valence-electron chi connectivity index (χ1n) is 42.1. The molecule has 2 fully saturated rings. The first-order chi connectivity index (χ1) is 54.9. The van der Waals surface area contributed by atoms with Crippen molar-refractivity contribution in [3.63, 3.8) is 0 Å². The van der Waals surface area contributed by atoms with E-state index in [2.05, 4.69) is 116 Å². The van der Waals surface area contributed by atoms with Crippen molar-refractivity contribution < 1.29 is 23.2 Å². The number of amides is 2. The topological polar surface area (TPSA) is 102 Å². The molecule has 112 heavy (non-hydrogen) atoms. The van der Waals surface area contributed by atoms with E-state index in [1.807, 2.05) is 79.5 Å². The number of nitrogens with zero attached hydrogens (tertiary/aromatic N) is 4. The number of hydrogen-bond acceptors (Lipinski definition) is 21. The van der Waals surface area contributed by atoms with E-state index in [0.717, 1.165) is 159 Å². The van der Waals surface area contributed by atoms with Crippen LogP contribution in [0, 0.1) is 0 Å². The van der Waals surface area contributed by atoms with Crippen LogP contribution in [0.2, 0.25) is 0 Å². The highest BCUT2D eigenvalue weighted by atomic mass is 32.2. The monoisotopic (exact) mass is 1770 g/mol. The predicted octanol–water partition coefficient (Wildman–Crippen LogP) is 33.1. The van der Waals surface area contributed by atoms with Gasteiger partial charge in [0.25, 0.3) is 11.8 Å². The van der Waals surface area contributed by atoms with Crippen molar-refractivity contribution in [2.24, 2.45) is 0 Å². The van der Waals surface area contributed by atoms with Gasteiger partial charge in [-0.3, -0.25) is 19.4 Å². The number of fused-ring (bicyclic) bond motifs is 2. The molecular weight excluding hydrogens is 1650 g/mol. The van der Waals surface area contributed by atoms with Crippen molar-refractivity contribution in [1.82, 2.24) is 19.8 Å². The second-order valence-electron chi connectivity index (χ2n) is 29.3. The molecule has 2 aliphatic rings. The van der Waals surface area contributed by atoms with Gasteiger partial charge in [0.1, 0.15) is 14.2 Å². The summed E-state index contributed by atoms with van der Waals surface area (Å²) in [6.45, 7) is 20.0. The highest BCUT2D eigenvalue weighted by Crippen LogP contribution is 2.54. The smallest absolute Gasteiger partial charge is 0.266 e. The number of rotatable bonds is 54. The van der Waals surface area contributed by atoms with Gasteiger partial charge in [0.2, 0.25) is 11.8 Å². The van der Waals surface area contributed by atoms with E-state index >= 15 is 0 Å². The summed E-state index contributed by atoms with van der Waals surface area (Å²) in [5.74, 6) is 6.06. The van der Waals surface area contributed by atoms with E-state index in [-0.39, 0.29) is 11.8 Å². The maximum absolute atomic E-state index is 14.0. The number of oxazole rings is 2. The molecule has 2 amide bonds. The molecule has 0 saturated carbocycles. The number of ether oxygens (including phenoxy) is 1. The van der Waals surface area contributed by atoms with Gasteiger partial charge in [-0.05, 0) is 141 Å². The lowest BCUT2D eigenvalue weighted by Crippen LogP contribution is -2.28. The zero-order valence-corrected chi connectivity index (χ0v) is 78.7. The Labute approximate surface area is 729 Å². The van der Waals surface area contributed by atoms with E-state index < -0.39 is 0 Å². The lowest BCUT2D eigenvalue weighted by Gasteiger charge is -2.13. The van der Waals surface area contributed by atoms with Crippen LogP contribution in [-0.4, -0.2) is 82.9 Å². The van der Waals surface area contributed by atoms with Gasteiger partial charge < -0.3 is 13.6 Å². The maximum atomic E-state index is 14.0. The third-order valence-corrected chi connectivity index (χ3v) is 35.2. The Kier molecular flexibility index (Phi) is 38.1. The van der Waals surface area contributed by atoms with Gasteiger partial charge in [-0.2, -0.15) is 0 Å². The quantitative estimate of drug-likeness (QED) is 0.0156. The van der Waals surface area contributed by atoms with Crippen LogP contribution >= 0.6 is 163 Å². The van der Waals surface area contributed by atoms with Gasteiger partial charge in [0.05, 0.1) is 45.7 Å². The summed E-state index contributed by atoms with van der Waals surface area (Å²) in [7, 11) is 0. The first-order valence-corrected chi connectivity index (χ1v) is 53.4. The van der Waals surface area contributed by atoms with Crippen LogP contribution in [0.4, 0.5) is 0 Å². The van der Waals surface area contributed by atoms with Crippen molar-refractivity contribution in [3.8, 4) is 66.3 Å². The van der Waals surface area contributed by atoms with Crippen LogP contribution in [0.5, 0.6) is 5.75 Å². The number of thiophene rings is 6. The number of thioether (sulfide) groups is 6. The van der Waals surface area contributed by atoms with Gasteiger partial charge >= 0.3 is 0 Å². The van der Waals surface area contributed by atoms with Gasteiger partial charge in [-0.25, -0.2) is 9.97 Å². The van der Waals surface area contributed by atoms with Crippen molar-refractivity contribution >= 4 is 218 Å². The van der Waals surface area contributed by atoms with E-state index in [0.29, 0.717) is 57.0 Å². The summed E-state index contributed by atoms with van der Waals surface area (Å²) in [6.07, 6.45) is 43.1. The summed E-state index contributed by atoms with van der Waals surface area (Å²) >= 11 is 33.3. The average Bonchev–Trinajstić information content (AvgIpc) is 1.57. The van der Waals surface area contributed by atoms with Crippen LogP contribution in [0.25, 0.3) is 94.9 Å². The number of thiocarbonyl (C=S) groups is 2. The normalized spacial score (nSPS) is 14.2. The third kappa shape index (κ3) is 24.5. The number of carbonyl (C=O) groups excluding carboxylic acids is 2. The minimum Gasteiger partial charge on any atom is -0.487 e. The van der Waals surface area contributed by atoms with E-state index in [1.54, 1.807) is 45.3 Å². The number of aryl methyl sites for hydroxylation is 1. The molecule has 2 aliphatic heterocycles. The fraction of sp³-hybridized carbons (Fsp3) is 0.551. The van der Waals surface area contributed by atoms with E-state index in [4.69, 9.17) is 48.0 Å². The number of aromatic nitrogens is 2. The average molecular weight is 1770 g/mol. The molecule has 9 nitrogen and oxygen atoms in total. The molecule has 23 heteroatoms. The van der Waals surface area contributed by atoms with E-state index in [1.165, 1.54) is 211 Å². The zero-order valence-electron chi connectivity index (χ0n) is 67.3. The molecule has 0 bridgehead atoms. The van der Waals surface area contributed by atoms with Crippen molar-refractivity contribution in [1.29, 1.82) is 0 Å². The van der Waals surface area contributed by atoms with Crippen molar-refractivity contribution in [3.05, 3.63) is 73.7 Å². The van der Waals surface area contributed by atoms with Gasteiger partial charge in [-0.1, -0.05) is 264 Å². The Hall–Kier alpha value is -3.14. The van der Waals surface area contributed by atoms with Gasteiger partial charge in [-0.15, -0.1) is 115 Å². The molecule has 8 aromatic heterocycles. The number of benzene rings is 1. The molecule has 9 aromatic rings. The summed E-state index contributed by atoms with van der Waals surface area (Å²) in [6, 6.07) is 18.6. The van der Waals surface area contributed by atoms with Gasteiger partial charge in [0.15, 0.2) is 22.4 Å². The second-order valence-corrected chi connectivity index (χ2v) is 43.7.